The van der Waals surface area contributed by atoms with Gasteiger partial charge in [0.25, 0.3) is 0 Å². The van der Waals surface area contributed by atoms with Crippen LogP contribution >= 0.6 is 0 Å². The minimum Gasteiger partial charge on any atom is -0.852 e. The van der Waals surface area contributed by atoms with E-state index in [-0.39, 0.29) is 38.0 Å². The zero-order valence-corrected chi connectivity index (χ0v) is 20.4. The topological polar surface area (TPSA) is 103 Å². The molecule has 0 aromatic rings. The number of rotatable bonds is 10. The minimum atomic E-state index is -0.893. The first-order chi connectivity index (χ1) is 11.2. The van der Waals surface area contributed by atoms with Gasteiger partial charge >= 0.3 is 26.2 Å². The van der Waals surface area contributed by atoms with Crippen molar-refractivity contribution in [3.8, 4) is 0 Å². The summed E-state index contributed by atoms with van der Waals surface area (Å²) >= 11 is 0. The van der Waals surface area contributed by atoms with Gasteiger partial charge in [-0.25, -0.2) is 0 Å². The van der Waals surface area contributed by atoms with Crippen molar-refractivity contribution in [1.82, 2.24) is 0 Å². The first-order valence-electron chi connectivity index (χ1n) is 9.25. The Morgan fingerprint density at radius 2 is 1.00 bits per heavy atom. The van der Waals surface area contributed by atoms with Crippen LogP contribution in [-0.4, -0.2) is 44.2 Å². The number of hydrogen-bond acceptors (Lipinski definition) is 5. The van der Waals surface area contributed by atoms with E-state index in [9.17, 15) is 24.9 Å². The van der Waals surface area contributed by atoms with Gasteiger partial charge in [-0.05, 0) is 37.5 Å². The van der Waals surface area contributed by atoms with Crippen LogP contribution in [0.15, 0.2) is 0 Å². The van der Waals surface area contributed by atoms with E-state index < -0.39 is 18.0 Å². The Balaban J connectivity index is -0.000000141. The maximum Gasteiger partial charge on any atom is 3.00 e. The number of carboxylic acid groups (broad SMARTS) is 2. The number of carbonyl (C=O) groups excluding carboxylic acids is 2. The first kappa shape index (κ1) is 32.5. The molecule has 2 atom stereocenters. The summed E-state index contributed by atoms with van der Waals surface area (Å²) in [7, 11) is 0. The molecule has 0 aliphatic heterocycles. The average Bonchev–Trinajstić information content (AvgIpc) is 2.48. The molecule has 6 heteroatoms. The van der Waals surface area contributed by atoms with E-state index in [1.54, 1.807) is 13.8 Å². The van der Waals surface area contributed by atoms with Crippen LogP contribution in [0.4, 0.5) is 0 Å². The summed E-state index contributed by atoms with van der Waals surface area (Å²) in [4.78, 5) is 20.7. The summed E-state index contributed by atoms with van der Waals surface area (Å²) in [6.45, 7) is 11.1. The molecule has 0 spiro atoms. The fraction of sp³-hybridized carbons (Fsp3) is 0.895. The van der Waals surface area contributed by atoms with Crippen LogP contribution in [0, 0.1) is 11.8 Å². The van der Waals surface area contributed by atoms with E-state index in [4.69, 9.17) is 0 Å². The maximum absolute atomic E-state index is 10.3. The molecule has 0 saturated carbocycles. The summed E-state index contributed by atoms with van der Waals surface area (Å²) in [5, 5.41) is 30.2. The third-order valence-corrected chi connectivity index (χ3v) is 3.46. The van der Waals surface area contributed by atoms with E-state index in [1.165, 1.54) is 0 Å². The van der Waals surface area contributed by atoms with Gasteiger partial charge in [-0.15, -0.1) is 6.10 Å². The predicted octanol–water partition coefficient (Wildman–Crippen LogP) is 1.28. The molecular weight excluding hydrogens is 517 g/mol. The van der Waals surface area contributed by atoms with Gasteiger partial charge in [-0.2, -0.15) is 0 Å². The third-order valence-electron chi connectivity index (χ3n) is 3.46. The molecule has 0 amide bonds. The van der Waals surface area contributed by atoms with E-state index >= 15 is 0 Å². The van der Waals surface area contributed by atoms with Gasteiger partial charge in [0.2, 0.25) is 0 Å². The fourth-order valence-corrected chi connectivity index (χ4v) is 1.88. The van der Waals surface area contributed by atoms with Gasteiger partial charge in [-0.3, -0.25) is 0 Å². The van der Waals surface area contributed by atoms with Crippen molar-refractivity contribution in [1.29, 1.82) is 0 Å². The molecule has 0 aromatic carbocycles. The molecule has 0 bridgehead atoms. The summed E-state index contributed by atoms with van der Waals surface area (Å²) in [6, 6.07) is 0. The van der Waals surface area contributed by atoms with Crippen LogP contribution in [0.25, 0.3) is 0 Å². The quantitative estimate of drug-likeness (QED) is 0.379. The summed E-state index contributed by atoms with van der Waals surface area (Å²) in [5.41, 5.74) is 0. The maximum atomic E-state index is 10.3. The van der Waals surface area contributed by atoms with Crippen LogP contribution in [0.5, 0.6) is 0 Å². The molecule has 0 saturated heterocycles. The summed E-state index contributed by atoms with van der Waals surface area (Å²) in [6.07, 6.45) is 6.63. The van der Waals surface area contributed by atoms with Crippen molar-refractivity contribution in [2.75, 3.05) is 0 Å². The fourth-order valence-electron chi connectivity index (χ4n) is 1.88. The van der Waals surface area contributed by atoms with Gasteiger partial charge in [-0.1, -0.05) is 67.2 Å². The molecule has 0 heterocycles. The van der Waals surface area contributed by atoms with E-state index in [1.807, 2.05) is 13.8 Å². The van der Waals surface area contributed by atoms with E-state index in [0.717, 1.165) is 38.5 Å². The Labute approximate surface area is 173 Å². The predicted molar refractivity (Wildman–Crippen MR) is 97.5 cm³/mol. The molecule has 5 nitrogen and oxygen atoms in total. The molecule has 0 aliphatic carbocycles. The molecule has 0 aliphatic rings. The van der Waals surface area contributed by atoms with Crippen molar-refractivity contribution in [2.24, 2.45) is 11.8 Å². The minimum absolute atomic E-state index is 0. The average molecular weight is 554 g/mol. The molecule has 148 valence electrons. The molecular formula is C19H37BiO5. The molecule has 0 N–H and O–H groups in total. The second kappa shape index (κ2) is 23.8. The van der Waals surface area contributed by atoms with Gasteiger partial charge in [0.1, 0.15) is 0 Å². The smallest absolute Gasteiger partial charge is 0.852 e. The molecule has 0 rings (SSSR count). The van der Waals surface area contributed by atoms with Crippen LogP contribution in [0.1, 0.15) is 92.9 Å². The summed E-state index contributed by atoms with van der Waals surface area (Å²) < 4.78 is 0. The number of carboxylic acids is 2. The van der Waals surface area contributed by atoms with Crippen LogP contribution in [0.2, 0.25) is 0 Å². The van der Waals surface area contributed by atoms with E-state index in [0.29, 0.717) is 12.8 Å². The number of aliphatic carboxylic acids is 2. The van der Waals surface area contributed by atoms with Crippen molar-refractivity contribution in [3.05, 3.63) is 0 Å². The van der Waals surface area contributed by atoms with E-state index in [2.05, 4.69) is 13.8 Å². The monoisotopic (exact) mass is 554 g/mol. The normalized spacial score (nSPS) is 11.8. The SMILES string of the molecule is CC(C)[O-].CCCCC(CC)C(=O)[O-].CCCCC(CC)C(=O)[O-].[Bi+3]. The molecule has 2 unspecified atom stereocenters. The first-order valence-corrected chi connectivity index (χ1v) is 9.25. The zero-order chi connectivity index (χ0) is 19.5. The number of hydrogen-bond donors (Lipinski definition) is 0. The third kappa shape index (κ3) is 28.8. The van der Waals surface area contributed by atoms with Crippen molar-refractivity contribution >= 4 is 38.1 Å². The Kier molecular flexibility index (Phi) is 30.9. The van der Waals surface area contributed by atoms with Gasteiger partial charge in [0.05, 0.1) is 0 Å². The Hall–Kier alpha value is -0.217. The summed E-state index contributed by atoms with van der Waals surface area (Å²) in [5.74, 6) is -2.23. The van der Waals surface area contributed by atoms with Crippen molar-refractivity contribution in [3.63, 3.8) is 0 Å². The van der Waals surface area contributed by atoms with Crippen molar-refractivity contribution < 1.29 is 24.9 Å². The standard InChI is InChI=1S/2C8H16O2.C3H7O.Bi/c2*1-3-5-6-7(4-2)8(9)10;1-3(2)4;/h2*7H,3-6H2,1-2H3,(H,9,10);3H,1-2H3;/q;;-1;+3/p-2. The van der Waals surface area contributed by atoms with Crippen molar-refractivity contribution in [2.45, 2.75) is 99.0 Å². The Morgan fingerprint density at radius 1 is 0.760 bits per heavy atom. The zero-order valence-electron chi connectivity index (χ0n) is 16.9. The van der Waals surface area contributed by atoms with Crippen LogP contribution in [0.3, 0.4) is 0 Å². The second-order valence-corrected chi connectivity index (χ2v) is 6.18. The number of carbonyl (C=O) groups is 2. The van der Waals surface area contributed by atoms with Crippen LogP contribution in [-0.2, 0) is 9.59 Å². The molecule has 2 radical (unpaired) electrons. The van der Waals surface area contributed by atoms with Crippen LogP contribution < -0.4 is 15.3 Å². The Morgan fingerprint density at radius 3 is 1.12 bits per heavy atom. The Bertz CT molecular complexity index is 267. The van der Waals surface area contributed by atoms with Gasteiger partial charge in [0, 0.05) is 11.9 Å². The molecule has 0 fully saturated rings. The van der Waals surface area contributed by atoms with Gasteiger partial charge in [0.15, 0.2) is 0 Å². The number of unbranched alkanes of at least 4 members (excludes halogenated alkanes) is 2. The second-order valence-electron chi connectivity index (χ2n) is 6.18. The molecule has 0 aromatic heterocycles. The largest absolute Gasteiger partial charge is 3.00 e. The molecule has 25 heavy (non-hydrogen) atoms. The van der Waals surface area contributed by atoms with Gasteiger partial charge < -0.3 is 24.9 Å².